The van der Waals surface area contributed by atoms with Crippen molar-refractivity contribution in [3.05, 3.63) is 200 Å². The van der Waals surface area contributed by atoms with Gasteiger partial charge in [0.2, 0.25) is 0 Å². The Balaban J connectivity index is 1.06. The molecule has 258 valence electrons. The molecule has 0 saturated heterocycles. The van der Waals surface area contributed by atoms with Crippen molar-refractivity contribution >= 4 is 71.7 Å². The lowest BCUT2D eigenvalue weighted by Crippen LogP contribution is -2.11. The number of para-hydroxylation sites is 3. The predicted octanol–water partition coefficient (Wildman–Crippen LogP) is 15.1. The lowest BCUT2D eigenvalue weighted by atomic mass is 9.94. The number of nitrogens with zero attached hydrogens (tertiary/aromatic N) is 1. The van der Waals surface area contributed by atoms with Gasteiger partial charge in [0.05, 0.1) is 5.69 Å². The Bertz CT molecular complexity index is 3220. The fourth-order valence-electron chi connectivity index (χ4n) is 8.23. The Labute approximate surface area is 317 Å². The maximum Gasteiger partial charge on any atom is 0.136 e. The summed E-state index contributed by atoms with van der Waals surface area (Å²) in [5, 5.41) is 6.94. The average molecular weight is 704 g/mol. The van der Waals surface area contributed by atoms with Crippen molar-refractivity contribution in [1.82, 2.24) is 0 Å². The van der Waals surface area contributed by atoms with Crippen LogP contribution in [0.2, 0.25) is 0 Å². The second-order valence-electron chi connectivity index (χ2n) is 14.1. The number of hydrogen-bond donors (Lipinski definition) is 0. The Morgan fingerprint density at radius 3 is 1.69 bits per heavy atom. The van der Waals surface area contributed by atoms with Gasteiger partial charge in [-0.2, -0.15) is 0 Å². The molecule has 3 heteroatoms. The summed E-state index contributed by atoms with van der Waals surface area (Å²) in [7, 11) is 0. The van der Waals surface area contributed by atoms with Gasteiger partial charge in [-0.05, 0) is 105 Å². The molecule has 0 unspecified atom stereocenters. The van der Waals surface area contributed by atoms with Gasteiger partial charge in [0.1, 0.15) is 22.3 Å². The molecule has 2 heterocycles. The highest BCUT2D eigenvalue weighted by Gasteiger charge is 2.20. The van der Waals surface area contributed by atoms with E-state index in [2.05, 4.69) is 181 Å². The van der Waals surface area contributed by atoms with Crippen molar-refractivity contribution in [2.24, 2.45) is 0 Å². The van der Waals surface area contributed by atoms with Crippen LogP contribution in [0.1, 0.15) is 0 Å². The van der Waals surface area contributed by atoms with Crippen LogP contribution in [0.3, 0.4) is 0 Å². The summed E-state index contributed by atoms with van der Waals surface area (Å²) in [6, 6.07) is 71.2. The molecule has 0 saturated carbocycles. The Morgan fingerprint density at radius 1 is 0.291 bits per heavy atom. The predicted molar refractivity (Wildman–Crippen MR) is 229 cm³/mol. The van der Waals surface area contributed by atoms with Crippen LogP contribution in [0, 0.1) is 0 Å². The van der Waals surface area contributed by atoms with Crippen LogP contribution in [-0.4, -0.2) is 0 Å². The van der Waals surface area contributed by atoms with E-state index in [0.717, 1.165) is 83.2 Å². The van der Waals surface area contributed by atoms with Gasteiger partial charge >= 0.3 is 0 Å². The zero-order valence-electron chi connectivity index (χ0n) is 29.8. The van der Waals surface area contributed by atoms with Crippen LogP contribution in [0.5, 0.6) is 0 Å². The van der Waals surface area contributed by atoms with Gasteiger partial charge in [-0.25, -0.2) is 0 Å². The highest BCUT2D eigenvalue weighted by molar-refractivity contribution is 6.08. The summed E-state index contributed by atoms with van der Waals surface area (Å²) in [6.45, 7) is 0. The molecule has 9 aromatic carbocycles. The fourth-order valence-corrected chi connectivity index (χ4v) is 8.23. The first-order valence-electron chi connectivity index (χ1n) is 18.7. The average Bonchev–Trinajstić information content (AvgIpc) is 3.82. The van der Waals surface area contributed by atoms with Gasteiger partial charge in [-0.3, -0.25) is 0 Å². The van der Waals surface area contributed by atoms with Gasteiger partial charge in [-0.1, -0.05) is 133 Å². The number of benzene rings is 9. The van der Waals surface area contributed by atoms with E-state index in [-0.39, 0.29) is 0 Å². The molecule has 0 aliphatic rings. The minimum absolute atomic E-state index is 0.873. The first kappa shape index (κ1) is 31.2. The minimum Gasteiger partial charge on any atom is -0.456 e. The zero-order chi connectivity index (χ0) is 36.3. The topological polar surface area (TPSA) is 29.5 Å². The highest BCUT2D eigenvalue weighted by Crippen LogP contribution is 2.44. The maximum atomic E-state index is 6.27. The Kier molecular flexibility index (Phi) is 7.17. The third-order valence-electron chi connectivity index (χ3n) is 10.9. The Morgan fingerprint density at radius 2 is 0.855 bits per heavy atom. The molecule has 2 aromatic heterocycles. The van der Waals surface area contributed by atoms with Gasteiger partial charge in [0.15, 0.2) is 0 Å². The molecule has 11 aromatic rings. The molecular formula is C52H33NO2. The van der Waals surface area contributed by atoms with Crippen molar-refractivity contribution in [1.29, 1.82) is 0 Å². The quantitative estimate of drug-likeness (QED) is 0.173. The van der Waals surface area contributed by atoms with Gasteiger partial charge in [-0.15, -0.1) is 0 Å². The van der Waals surface area contributed by atoms with Crippen molar-refractivity contribution in [2.75, 3.05) is 4.90 Å². The zero-order valence-corrected chi connectivity index (χ0v) is 29.8. The lowest BCUT2D eigenvalue weighted by Gasteiger charge is -2.28. The number of rotatable bonds is 6. The number of hydrogen-bond acceptors (Lipinski definition) is 3. The van der Waals surface area contributed by atoms with Gasteiger partial charge in [0, 0.05) is 38.5 Å². The second kappa shape index (κ2) is 12.6. The molecule has 0 aliphatic carbocycles. The molecule has 0 spiro atoms. The first-order chi connectivity index (χ1) is 27.2. The number of furan rings is 2. The molecule has 0 radical (unpaired) electrons. The number of fused-ring (bicyclic) bond motifs is 7. The summed E-state index contributed by atoms with van der Waals surface area (Å²) in [6.07, 6.45) is 0. The van der Waals surface area contributed by atoms with Crippen molar-refractivity contribution < 1.29 is 8.83 Å². The van der Waals surface area contributed by atoms with Crippen molar-refractivity contribution in [3.8, 4) is 33.4 Å². The molecule has 3 nitrogen and oxygen atoms in total. The van der Waals surface area contributed by atoms with Crippen LogP contribution in [0.25, 0.3) is 88.0 Å². The van der Waals surface area contributed by atoms with Gasteiger partial charge < -0.3 is 13.7 Å². The molecule has 0 N–H and O–H groups in total. The van der Waals surface area contributed by atoms with E-state index in [1.54, 1.807) is 0 Å². The molecule has 0 fully saturated rings. The molecule has 0 atom stereocenters. The lowest BCUT2D eigenvalue weighted by molar-refractivity contribution is 0.668. The standard InChI is InChI=1S/C52H33NO2/c1-2-15-41-35(11-1)12-10-19-42(41)37-13-9-14-38(31-37)43-16-3-6-20-48(43)53(40-28-30-51-47(33-40)45-18-5-8-22-50(45)54-51)39-26-23-34(24-27-39)36-25-29-46-44-17-4-7-21-49(44)55-52(46)32-36/h1-33H. The SMILES string of the molecule is c1cc(-c2ccccc2N(c2ccc(-c3ccc4c(c3)oc3ccccc34)cc2)c2ccc3oc4ccccc4c3c2)cc(-c2cccc3ccccc23)c1. The van der Waals surface area contributed by atoms with Crippen LogP contribution in [-0.2, 0) is 0 Å². The summed E-state index contributed by atoms with van der Waals surface area (Å²) in [4.78, 5) is 2.37. The molecule has 0 aliphatic heterocycles. The molecular weight excluding hydrogens is 671 g/mol. The van der Waals surface area contributed by atoms with Crippen LogP contribution < -0.4 is 4.90 Å². The largest absolute Gasteiger partial charge is 0.456 e. The van der Waals surface area contributed by atoms with E-state index in [1.807, 2.05) is 24.3 Å². The van der Waals surface area contributed by atoms with E-state index in [0.29, 0.717) is 0 Å². The van der Waals surface area contributed by atoms with E-state index in [4.69, 9.17) is 8.83 Å². The highest BCUT2D eigenvalue weighted by atomic mass is 16.3. The third-order valence-corrected chi connectivity index (χ3v) is 10.9. The number of anilines is 3. The normalized spacial score (nSPS) is 11.6. The van der Waals surface area contributed by atoms with Crippen molar-refractivity contribution in [2.45, 2.75) is 0 Å². The van der Waals surface area contributed by atoms with Crippen LogP contribution >= 0.6 is 0 Å². The van der Waals surface area contributed by atoms with E-state index in [9.17, 15) is 0 Å². The van der Waals surface area contributed by atoms with Gasteiger partial charge in [0.25, 0.3) is 0 Å². The second-order valence-corrected chi connectivity index (χ2v) is 14.1. The van der Waals surface area contributed by atoms with Crippen molar-refractivity contribution in [3.63, 3.8) is 0 Å². The minimum atomic E-state index is 0.873. The fraction of sp³-hybridized carbons (Fsp3) is 0. The smallest absolute Gasteiger partial charge is 0.136 e. The molecule has 55 heavy (non-hydrogen) atoms. The van der Waals surface area contributed by atoms with Crippen LogP contribution in [0.15, 0.2) is 209 Å². The molecule has 11 rings (SSSR count). The molecule has 0 bridgehead atoms. The summed E-state index contributed by atoms with van der Waals surface area (Å²) in [5.74, 6) is 0. The first-order valence-corrected chi connectivity index (χ1v) is 18.7. The Hall–Kier alpha value is -7.36. The summed E-state index contributed by atoms with van der Waals surface area (Å²) >= 11 is 0. The summed E-state index contributed by atoms with van der Waals surface area (Å²) < 4.78 is 12.5. The van der Waals surface area contributed by atoms with Crippen LogP contribution in [0.4, 0.5) is 17.1 Å². The monoisotopic (exact) mass is 703 g/mol. The summed E-state index contributed by atoms with van der Waals surface area (Å²) in [5.41, 5.74) is 13.7. The third kappa shape index (κ3) is 5.28. The van der Waals surface area contributed by atoms with E-state index < -0.39 is 0 Å². The maximum absolute atomic E-state index is 6.27. The van der Waals surface area contributed by atoms with E-state index in [1.165, 1.54) is 21.9 Å². The molecule has 0 amide bonds. The van der Waals surface area contributed by atoms with E-state index >= 15 is 0 Å².